The molecule has 9 heteroatoms. The Labute approximate surface area is 227 Å². The number of hydrogen-bond acceptors (Lipinski definition) is 7. The van der Waals surface area contributed by atoms with Crippen LogP contribution in [0.3, 0.4) is 0 Å². The first-order valence-electron chi connectivity index (χ1n) is 12.8. The first-order valence-corrected chi connectivity index (χ1v) is 12.8. The number of fused-ring (bicyclic) bond motifs is 1. The molecule has 0 bridgehead atoms. The summed E-state index contributed by atoms with van der Waals surface area (Å²) in [7, 11) is 3.17. The lowest BCUT2D eigenvalue weighted by molar-refractivity contribution is 0.0946. The largest absolute Gasteiger partial charge is 0.508 e. The van der Waals surface area contributed by atoms with E-state index in [9.17, 15) is 20.1 Å². The highest BCUT2D eigenvalue weighted by atomic mass is 16.5. The third-order valence-electron chi connectivity index (χ3n) is 6.72. The molecular formula is C30H35N3O6. The van der Waals surface area contributed by atoms with Gasteiger partial charge in [-0.1, -0.05) is 12.1 Å². The molecule has 0 aliphatic carbocycles. The monoisotopic (exact) mass is 533 g/mol. The number of phenols is 1. The molecule has 0 aliphatic rings. The Kier molecular flexibility index (Phi) is 9.08. The summed E-state index contributed by atoms with van der Waals surface area (Å²) in [6, 6.07) is 18.1. The van der Waals surface area contributed by atoms with Crippen molar-refractivity contribution in [3.63, 3.8) is 0 Å². The van der Waals surface area contributed by atoms with Gasteiger partial charge >= 0.3 is 0 Å². The SMILES string of the molecule is COc1ccc(CNC(=O)c2cc3cc(C[C@@H](C)NC[C@H](O)c4ccc(O)c(CO)c4)ccc3[nH]2)c(OC)c1. The van der Waals surface area contributed by atoms with Crippen molar-refractivity contribution in [3.8, 4) is 17.2 Å². The van der Waals surface area contributed by atoms with Crippen LogP contribution in [0.5, 0.6) is 17.2 Å². The summed E-state index contributed by atoms with van der Waals surface area (Å²) in [4.78, 5) is 16.0. The zero-order valence-electron chi connectivity index (χ0n) is 22.3. The van der Waals surface area contributed by atoms with Crippen LogP contribution in [0.1, 0.15) is 45.8 Å². The lowest BCUT2D eigenvalue weighted by Crippen LogP contribution is -2.32. The van der Waals surface area contributed by atoms with Gasteiger partial charge in [0.05, 0.1) is 26.9 Å². The molecule has 0 fully saturated rings. The number of aromatic amines is 1. The van der Waals surface area contributed by atoms with E-state index in [2.05, 4.69) is 21.7 Å². The van der Waals surface area contributed by atoms with Crippen molar-refractivity contribution >= 4 is 16.8 Å². The van der Waals surface area contributed by atoms with Crippen molar-refractivity contribution in [3.05, 3.63) is 88.6 Å². The van der Waals surface area contributed by atoms with Crippen LogP contribution in [0.15, 0.2) is 60.7 Å². The zero-order chi connectivity index (χ0) is 27.9. The number of H-pyrrole nitrogens is 1. The molecule has 0 saturated heterocycles. The summed E-state index contributed by atoms with van der Waals surface area (Å²) in [5, 5.41) is 36.8. The predicted octanol–water partition coefficient (Wildman–Crippen LogP) is 3.57. The van der Waals surface area contributed by atoms with E-state index in [1.165, 1.54) is 6.07 Å². The van der Waals surface area contributed by atoms with Crippen molar-refractivity contribution in [2.24, 2.45) is 0 Å². The normalized spacial score (nSPS) is 12.7. The minimum Gasteiger partial charge on any atom is -0.508 e. The quantitative estimate of drug-likeness (QED) is 0.164. The van der Waals surface area contributed by atoms with E-state index in [0.717, 1.165) is 28.5 Å². The van der Waals surface area contributed by atoms with E-state index in [4.69, 9.17) is 9.47 Å². The third kappa shape index (κ3) is 6.88. The standard InChI is InChI=1S/C30H35N3O6/c1-18(31-16-28(36)20-6-9-27(35)23(12-20)17-34)10-19-4-8-25-22(11-19)13-26(33-25)30(37)32-15-21-5-7-24(38-2)14-29(21)39-3/h4-9,11-14,18,28,31,33-36H,10,15-17H2,1-3H3,(H,32,37)/t18-,28+/m1/s1. The highest BCUT2D eigenvalue weighted by Gasteiger charge is 2.14. The number of benzene rings is 3. The molecule has 39 heavy (non-hydrogen) atoms. The summed E-state index contributed by atoms with van der Waals surface area (Å²) >= 11 is 0. The van der Waals surface area contributed by atoms with Crippen molar-refractivity contribution in [1.82, 2.24) is 15.6 Å². The van der Waals surface area contributed by atoms with E-state index in [-0.39, 0.29) is 24.3 Å². The maximum Gasteiger partial charge on any atom is 0.267 e. The molecule has 206 valence electrons. The number of nitrogens with one attached hydrogen (secondary N) is 3. The molecule has 1 aromatic heterocycles. The number of methoxy groups -OCH3 is 2. The molecule has 9 nitrogen and oxygen atoms in total. The van der Waals surface area contributed by atoms with Crippen LogP contribution >= 0.6 is 0 Å². The molecule has 6 N–H and O–H groups in total. The fourth-order valence-corrected chi connectivity index (χ4v) is 4.50. The molecule has 3 aromatic carbocycles. The molecule has 1 amide bonds. The van der Waals surface area contributed by atoms with Crippen molar-refractivity contribution in [1.29, 1.82) is 0 Å². The average Bonchev–Trinajstić information content (AvgIpc) is 3.38. The summed E-state index contributed by atoms with van der Waals surface area (Å²) in [6.07, 6.45) is -0.0474. The smallest absolute Gasteiger partial charge is 0.267 e. The summed E-state index contributed by atoms with van der Waals surface area (Å²) in [5.41, 5.74) is 4.29. The fourth-order valence-electron chi connectivity index (χ4n) is 4.50. The molecular weight excluding hydrogens is 498 g/mol. The fraction of sp³-hybridized carbons (Fsp3) is 0.300. The molecule has 0 saturated carbocycles. The average molecular weight is 534 g/mol. The predicted molar refractivity (Wildman–Crippen MR) is 149 cm³/mol. The van der Waals surface area contributed by atoms with Gasteiger partial charge in [-0.25, -0.2) is 0 Å². The van der Waals surface area contributed by atoms with Gasteiger partial charge in [-0.2, -0.15) is 0 Å². The van der Waals surface area contributed by atoms with Crippen LogP contribution in [0.4, 0.5) is 0 Å². The molecule has 0 aliphatic heterocycles. The van der Waals surface area contributed by atoms with E-state index >= 15 is 0 Å². The number of aromatic nitrogens is 1. The summed E-state index contributed by atoms with van der Waals surface area (Å²) in [5.74, 6) is 1.12. The molecule has 4 rings (SSSR count). The van der Waals surface area contributed by atoms with Gasteiger partial charge in [0.25, 0.3) is 5.91 Å². The van der Waals surface area contributed by atoms with Crippen LogP contribution in [-0.4, -0.2) is 53.0 Å². The summed E-state index contributed by atoms with van der Waals surface area (Å²) in [6.45, 7) is 2.38. The number of carbonyl (C=O) groups is 1. The van der Waals surface area contributed by atoms with Crippen molar-refractivity contribution in [2.45, 2.75) is 38.6 Å². The van der Waals surface area contributed by atoms with Gasteiger partial charge < -0.3 is 40.4 Å². The Bertz CT molecular complexity index is 1430. The highest BCUT2D eigenvalue weighted by Crippen LogP contribution is 2.25. The molecule has 0 radical (unpaired) electrons. The third-order valence-corrected chi connectivity index (χ3v) is 6.72. The van der Waals surface area contributed by atoms with Crippen LogP contribution in [0.25, 0.3) is 10.9 Å². The minimum atomic E-state index is -0.774. The van der Waals surface area contributed by atoms with Crippen LogP contribution in [-0.2, 0) is 19.6 Å². The number of aliphatic hydroxyl groups is 2. The summed E-state index contributed by atoms with van der Waals surface area (Å²) < 4.78 is 10.6. The Hall–Kier alpha value is -4.05. The molecule has 4 aromatic rings. The first kappa shape index (κ1) is 28.0. The van der Waals surface area contributed by atoms with Gasteiger partial charge in [0.1, 0.15) is 22.9 Å². The van der Waals surface area contributed by atoms with Gasteiger partial charge in [-0.15, -0.1) is 0 Å². The van der Waals surface area contributed by atoms with E-state index in [0.29, 0.717) is 41.4 Å². The Morgan fingerprint density at radius 3 is 2.56 bits per heavy atom. The number of hydrogen-bond donors (Lipinski definition) is 6. The Morgan fingerprint density at radius 1 is 1.00 bits per heavy atom. The van der Waals surface area contributed by atoms with E-state index in [1.54, 1.807) is 32.4 Å². The molecule has 0 unspecified atom stereocenters. The second-order valence-electron chi connectivity index (χ2n) is 9.54. The Balaban J connectivity index is 1.34. The minimum absolute atomic E-state index is 0.00744. The lowest BCUT2D eigenvalue weighted by Gasteiger charge is -2.18. The molecule has 0 spiro atoms. The zero-order valence-corrected chi connectivity index (χ0v) is 22.3. The van der Waals surface area contributed by atoms with E-state index in [1.807, 2.05) is 37.3 Å². The van der Waals surface area contributed by atoms with Gasteiger partial charge in [-0.05, 0) is 66.9 Å². The van der Waals surface area contributed by atoms with Gasteiger partial charge in [0, 0.05) is 47.2 Å². The number of aliphatic hydroxyl groups excluding tert-OH is 2. The van der Waals surface area contributed by atoms with E-state index < -0.39 is 6.10 Å². The topological polar surface area (TPSA) is 136 Å². The number of ether oxygens (including phenoxy) is 2. The maximum atomic E-state index is 12.8. The number of amides is 1. The van der Waals surface area contributed by atoms with Crippen molar-refractivity contribution in [2.75, 3.05) is 20.8 Å². The van der Waals surface area contributed by atoms with Crippen molar-refractivity contribution < 1.29 is 29.6 Å². The Morgan fingerprint density at radius 2 is 1.82 bits per heavy atom. The molecule has 2 atom stereocenters. The maximum absolute atomic E-state index is 12.8. The van der Waals surface area contributed by atoms with Crippen LogP contribution < -0.4 is 20.1 Å². The number of aromatic hydroxyl groups is 1. The number of carbonyl (C=O) groups excluding carboxylic acids is 1. The van der Waals surface area contributed by atoms with Crippen LogP contribution in [0, 0.1) is 0 Å². The van der Waals surface area contributed by atoms with Crippen LogP contribution in [0.2, 0.25) is 0 Å². The highest BCUT2D eigenvalue weighted by molar-refractivity contribution is 5.98. The lowest BCUT2D eigenvalue weighted by atomic mass is 10.0. The van der Waals surface area contributed by atoms with Gasteiger partial charge in [0.2, 0.25) is 0 Å². The van der Waals surface area contributed by atoms with Gasteiger partial charge in [0.15, 0.2) is 0 Å². The second kappa shape index (κ2) is 12.7. The first-order chi connectivity index (χ1) is 18.8. The van der Waals surface area contributed by atoms with Gasteiger partial charge in [-0.3, -0.25) is 4.79 Å². The number of rotatable bonds is 12. The second-order valence-corrected chi connectivity index (χ2v) is 9.54. The molecule has 1 heterocycles.